The fourth-order valence-electron chi connectivity index (χ4n) is 2.21. The van der Waals surface area contributed by atoms with Crippen LogP contribution in [0.3, 0.4) is 0 Å². The van der Waals surface area contributed by atoms with Crippen molar-refractivity contribution in [2.45, 2.75) is 40.0 Å². The van der Waals surface area contributed by atoms with Crippen molar-refractivity contribution < 1.29 is 9.84 Å². The molecule has 0 amide bonds. The zero-order valence-electron chi connectivity index (χ0n) is 11.1. The molecule has 0 saturated heterocycles. The average Bonchev–Trinajstić information content (AvgIpc) is 2.76. The molecule has 0 aliphatic rings. The van der Waals surface area contributed by atoms with Crippen LogP contribution in [0.1, 0.15) is 31.4 Å². The van der Waals surface area contributed by atoms with E-state index < -0.39 is 0 Å². The summed E-state index contributed by atoms with van der Waals surface area (Å²) in [5.41, 5.74) is 3.45. The Kier molecular flexibility index (Phi) is 4.39. The maximum absolute atomic E-state index is 9.21. The first-order chi connectivity index (χ1) is 8.80. The highest BCUT2D eigenvalue weighted by molar-refractivity contribution is 5.84. The maximum Gasteiger partial charge on any atom is 0.122 e. The minimum absolute atomic E-state index is 0.0939. The van der Waals surface area contributed by atoms with E-state index in [1.54, 1.807) is 0 Å². The fraction of sp³-hybridized carbons (Fsp3) is 0.467. The van der Waals surface area contributed by atoms with Crippen molar-refractivity contribution >= 4 is 10.9 Å². The highest BCUT2D eigenvalue weighted by Gasteiger charge is 2.07. The minimum atomic E-state index is 0.0939. The lowest BCUT2D eigenvalue weighted by molar-refractivity contribution is 0.0803. The van der Waals surface area contributed by atoms with E-state index in [1.807, 2.05) is 6.07 Å². The van der Waals surface area contributed by atoms with Gasteiger partial charge in [-0.1, -0.05) is 19.9 Å². The molecular weight excluding hydrogens is 226 g/mol. The van der Waals surface area contributed by atoms with Crippen LogP contribution in [0.25, 0.3) is 10.9 Å². The molecule has 0 radical (unpaired) electrons. The number of aliphatic hydroxyl groups excluding tert-OH is 1. The number of aromatic nitrogens is 1. The molecule has 1 aromatic carbocycles. The average molecular weight is 247 g/mol. The van der Waals surface area contributed by atoms with Gasteiger partial charge in [0, 0.05) is 18.2 Å². The van der Waals surface area contributed by atoms with Gasteiger partial charge < -0.3 is 14.4 Å². The highest BCUT2D eigenvalue weighted by atomic mass is 16.5. The summed E-state index contributed by atoms with van der Waals surface area (Å²) in [5.74, 6) is 0. The summed E-state index contributed by atoms with van der Waals surface area (Å²) in [4.78, 5) is 0. The van der Waals surface area contributed by atoms with Gasteiger partial charge in [-0.25, -0.2) is 0 Å². The number of hydrogen-bond acceptors (Lipinski definition) is 2. The number of benzene rings is 1. The standard InChI is InChI=1S/C15H21NO2/c1-3-7-18-11-16-9-13(4-2)14-8-12(10-17)5-6-15(14)16/h5-6,8-9,17H,3-4,7,10-11H2,1-2H3. The number of rotatable bonds is 6. The summed E-state index contributed by atoms with van der Waals surface area (Å²) in [7, 11) is 0. The van der Waals surface area contributed by atoms with Crippen LogP contribution in [0.4, 0.5) is 0 Å². The minimum Gasteiger partial charge on any atom is -0.392 e. The Balaban J connectivity index is 2.36. The lowest BCUT2D eigenvalue weighted by atomic mass is 10.1. The number of aryl methyl sites for hydroxylation is 1. The SMILES string of the molecule is CCCOCn1cc(CC)c2cc(CO)ccc21. The number of ether oxygens (including phenoxy) is 1. The van der Waals surface area contributed by atoms with E-state index >= 15 is 0 Å². The molecule has 1 aromatic heterocycles. The van der Waals surface area contributed by atoms with E-state index in [-0.39, 0.29) is 6.61 Å². The predicted octanol–water partition coefficient (Wildman–Crippen LogP) is 3.08. The second-order valence-corrected chi connectivity index (χ2v) is 4.52. The van der Waals surface area contributed by atoms with Gasteiger partial charge in [-0.2, -0.15) is 0 Å². The second-order valence-electron chi connectivity index (χ2n) is 4.52. The molecule has 18 heavy (non-hydrogen) atoms. The van der Waals surface area contributed by atoms with Crippen LogP contribution >= 0.6 is 0 Å². The second kappa shape index (κ2) is 6.03. The summed E-state index contributed by atoms with van der Waals surface area (Å²) in [6, 6.07) is 6.11. The van der Waals surface area contributed by atoms with Crippen LogP contribution < -0.4 is 0 Å². The molecule has 1 N–H and O–H groups in total. The maximum atomic E-state index is 9.21. The van der Waals surface area contributed by atoms with E-state index in [0.717, 1.165) is 25.0 Å². The van der Waals surface area contributed by atoms with Crippen LogP contribution in [0.15, 0.2) is 24.4 Å². The van der Waals surface area contributed by atoms with Crippen molar-refractivity contribution in [3.05, 3.63) is 35.5 Å². The number of hydrogen-bond donors (Lipinski definition) is 1. The number of nitrogens with zero attached hydrogens (tertiary/aromatic N) is 1. The third-order valence-electron chi connectivity index (χ3n) is 3.17. The van der Waals surface area contributed by atoms with Crippen LogP contribution in [0, 0.1) is 0 Å². The number of fused-ring (bicyclic) bond motifs is 1. The largest absolute Gasteiger partial charge is 0.392 e. The normalized spacial score (nSPS) is 11.3. The first-order valence-corrected chi connectivity index (χ1v) is 6.59. The fourth-order valence-corrected chi connectivity index (χ4v) is 2.21. The summed E-state index contributed by atoms with van der Waals surface area (Å²) >= 11 is 0. The Morgan fingerprint density at radius 2 is 2.11 bits per heavy atom. The zero-order valence-corrected chi connectivity index (χ0v) is 11.1. The molecule has 0 unspecified atom stereocenters. The van der Waals surface area contributed by atoms with E-state index in [0.29, 0.717) is 6.73 Å². The summed E-state index contributed by atoms with van der Waals surface area (Å²) in [6.07, 6.45) is 4.18. The monoisotopic (exact) mass is 247 g/mol. The van der Waals surface area contributed by atoms with Crippen LogP contribution in [-0.2, 0) is 24.5 Å². The molecule has 0 bridgehead atoms. The van der Waals surface area contributed by atoms with E-state index in [2.05, 4.69) is 36.7 Å². The molecule has 3 nitrogen and oxygen atoms in total. The van der Waals surface area contributed by atoms with Crippen molar-refractivity contribution in [2.75, 3.05) is 6.61 Å². The summed E-state index contributed by atoms with van der Waals surface area (Å²) in [6.45, 7) is 5.74. The molecule has 0 saturated carbocycles. The Labute approximate surface area is 108 Å². The molecule has 2 aromatic rings. The lowest BCUT2D eigenvalue weighted by Crippen LogP contribution is -2.01. The van der Waals surface area contributed by atoms with E-state index in [1.165, 1.54) is 16.5 Å². The van der Waals surface area contributed by atoms with Gasteiger partial charge in [0.25, 0.3) is 0 Å². The molecule has 98 valence electrons. The smallest absolute Gasteiger partial charge is 0.122 e. The van der Waals surface area contributed by atoms with Crippen LogP contribution in [0.2, 0.25) is 0 Å². The van der Waals surface area contributed by atoms with Crippen molar-refractivity contribution in [1.29, 1.82) is 0 Å². The first kappa shape index (κ1) is 13.1. The van der Waals surface area contributed by atoms with Gasteiger partial charge in [-0.3, -0.25) is 0 Å². The van der Waals surface area contributed by atoms with Gasteiger partial charge in [-0.15, -0.1) is 0 Å². The van der Waals surface area contributed by atoms with E-state index in [9.17, 15) is 5.11 Å². The molecule has 0 spiro atoms. The predicted molar refractivity (Wildman–Crippen MR) is 73.5 cm³/mol. The van der Waals surface area contributed by atoms with E-state index in [4.69, 9.17) is 4.74 Å². The Morgan fingerprint density at radius 1 is 1.28 bits per heavy atom. The van der Waals surface area contributed by atoms with Gasteiger partial charge in [0.05, 0.1) is 12.1 Å². The third kappa shape index (κ3) is 2.57. The first-order valence-electron chi connectivity index (χ1n) is 6.59. The Bertz CT molecular complexity index is 516. The van der Waals surface area contributed by atoms with Gasteiger partial charge in [0.15, 0.2) is 0 Å². The topological polar surface area (TPSA) is 34.4 Å². The molecule has 0 aliphatic heterocycles. The molecule has 1 heterocycles. The molecule has 0 atom stereocenters. The molecule has 0 aliphatic carbocycles. The summed E-state index contributed by atoms with van der Waals surface area (Å²) < 4.78 is 7.75. The number of aliphatic hydroxyl groups is 1. The lowest BCUT2D eigenvalue weighted by Gasteiger charge is -2.06. The van der Waals surface area contributed by atoms with Gasteiger partial charge in [0.2, 0.25) is 0 Å². The Hall–Kier alpha value is -1.32. The van der Waals surface area contributed by atoms with Gasteiger partial charge >= 0.3 is 0 Å². The van der Waals surface area contributed by atoms with Crippen LogP contribution in [-0.4, -0.2) is 16.3 Å². The molecule has 0 fully saturated rings. The highest BCUT2D eigenvalue weighted by Crippen LogP contribution is 2.23. The third-order valence-corrected chi connectivity index (χ3v) is 3.17. The Morgan fingerprint density at radius 3 is 2.78 bits per heavy atom. The van der Waals surface area contributed by atoms with Crippen LogP contribution in [0.5, 0.6) is 0 Å². The van der Waals surface area contributed by atoms with Crippen molar-refractivity contribution in [3.63, 3.8) is 0 Å². The summed E-state index contributed by atoms with van der Waals surface area (Å²) in [5, 5.41) is 10.4. The van der Waals surface area contributed by atoms with Crippen molar-refractivity contribution in [3.8, 4) is 0 Å². The van der Waals surface area contributed by atoms with Gasteiger partial charge in [-0.05, 0) is 36.1 Å². The quantitative estimate of drug-likeness (QED) is 0.796. The van der Waals surface area contributed by atoms with Crippen molar-refractivity contribution in [2.24, 2.45) is 0 Å². The zero-order chi connectivity index (χ0) is 13.0. The molecule has 2 rings (SSSR count). The van der Waals surface area contributed by atoms with Gasteiger partial charge in [0.1, 0.15) is 6.73 Å². The molecular formula is C15H21NO2. The van der Waals surface area contributed by atoms with Crippen molar-refractivity contribution in [1.82, 2.24) is 4.57 Å². The molecule has 3 heteroatoms.